The lowest BCUT2D eigenvalue weighted by Crippen LogP contribution is -2.27. The van der Waals surface area contributed by atoms with E-state index in [0.717, 1.165) is 16.6 Å². The third-order valence-corrected chi connectivity index (χ3v) is 4.48. The molecule has 0 saturated heterocycles. The number of hydrogen-bond acceptors (Lipinski definition) is 4. The molecule has 0 saturated carbocycles. The second-order valence-electron chi connectivity index (χ2n) is 6.17. The van der Waals surface area contributed by atoms with Crippen molar-refractivity contribution in [2.24, 2.45) is 0 Å². The van der Waals surface area contributed by atoms with Gasteiger partial charge in [-0.2, -0.15) is 0 Å². The molecule has 1 aliphatic heterocycles. The number of aliphatic hydroxyl groups is 1. The van der Waals surface area contributed by atoms with Crippen LogP contribution >= 0.6 is 0 Å². The van der Waals surface area contributed by atoms with E-state index in [-0.39, 0.29) is 23.7 Å². The highest BCUT2D eigenvalue weighted by molar-refractivity contribution is 6.30. The fraction of sp³-hybridized carbons (Fsp3) is 0.105. The predicted octanol–water partition coefficient (Wildman–Crippen LogP) is 3.34. The van der Waals surface area contributed by atoms with E-state index in [2.05, 4.69) is 9.97 Å². The monoisotopic (exact) mass is 348 g/mol. The number of benzene rings is 2. The van der Waals surface area contributed by atoms with Crippen molar-refractivity contribution in [1.82, 2.24) is 9.97 Å². The molecule has 2 aromatic carbocycles. The highest BCUT2D eigenvalue weighted by Crippen LogP contribution is 2.33. The number of carboxylic acids is 1. The molecule has 0 atom stereocenters. The highest BCUT2D eigenvalue weighted by atomic mass is 16.4. The second kappa shape index (κ2) is 5.73. The summed E-state index contributed by atoms with van der Waals surface area (Å²) in [4.78, 5) is 20.4. The molecule has 7 nitrogen and oxygen atoms in total. The minimum atomic E-state index is -1.04. The first kappa shape index (κ1) is 15.9. The average molecular weight is 348 g/mol. The summed E-state index contributed by atoms with van der Waals surface area (Å²) in [7, 11) is 0. The number of aromatic nitrogens is 2. The average Bonchev–Trinajstić information content (AvgIpc) is 3.15. The van der Waals surface area contributed by atoms with E-state index in [1.165, 1.54) is 12.1 Å². The molecule has 1 aliphatic rings. The van der Waals surface area contributed by atoms with Crippen molar-refractivity contribution < 1.29 is 15.0 Å². The number of aromatic carboxylic acids is 1. The molecule has 3 aromatic rings. The maximum atomic E-state index is 11.3. The van der Waals surface area contributed by atoms with Crippen LogP contribution in [0.5, 0.6) is 0 Å². The lowest BCUT2D eigenvalue weighted by molar-refractivity contribution is 0.0697. The summed E-state index contributed by atoms with van der Waals surface area (Å²) in [5.74, 6) is -0.517. The van der Waals surface area contributed by atoms with Gasteiger partial charge in [-0.3, -0.25) is 5.41 Å². The van der Waals surface area contributed by atoms with Crippen LogP contribution < -0.4 is 4.90 Å². The van der Waals surface area contributed by atoms with Crippen LogP contribution in [0.2, 0.25) is 0 Å². The summed E-state index contributed by atoms with van der Waals surface area (Å²) in [6.07, 6.45) is 0. The number of H-pyrrole nitrogens is 1. The van der Waals surface area contributed by atoms with E-state index in [4.69, 9.17) is 5.41 Å². The van der Waals surface area contributed by atoms with Crippen LogP contribution in [0.3, 0.4) is 0 Å². The van der Waals surface area contributed by atoms with Crippen molar-refractivity contribution in [3.63, 3.8) is 0 Å². The van der Waals surface area contributed by atoms with Crippen molar-refractivity contribution in [2.45, 2.75) is 6.92 Å². The molecule has 0 aliphatic carbocycles. The number of amidine groups is 1. The number of anilines is 1. The number of rotatable bonds is 3. The molecule has 1 aromatic heterocycles. The fourth-order valence-corrected chi connectivity index (χ4v) is 3.14. The van der Waals surface area contributed by atoms with Gasteiger partial charge in [-0.1, -0.05) is 18.2 Å². The molecular formula is C19H16N4O3. The number of nitrogens with zero attached hydrogens (tertiary/aromatic N) is 2. The van der Waals surface area contributed by atoms with Gasteiger partial charge in [-0.15, -0.1) is 0 Å². The van der Waals surface area contributed by atoms with Crippen LogP contribution in [0.1, 0.15) is 21.7 Å². The van der Waals surface area contributed by atoms with Gasteiger partial charge in [0.05, 0.1) is 28.7 Å². The van der Waals surface area contributed by atoms with Crippen LogP contribution in [-0.4, -0.2) is 38.5 Å². The summed E-state index contributed by atoms with van der Waals surface area (Å²) in [6, 6.07) is 12.2. The van der Waals surface area contributed by atoms with Gasteiger partial charge in [0.1, 0.15) is 17.4 Å². The van der Waals surface area contributed by atoms with Crippen LogP contribution in [0.25, 0.3) is 16.6 Å². The Kier molecular flexibility index (Phi) is 3.50. The fourth-order valence-electron chi connectivity index (χ4n) is 3.14. The number of para-hydroxylation sites is 2. The van der Waals surface area contributed by atoms with E-state index in [0.29, 0.717) is 17.1 Å². The standard InChI is InChI=1S/C19H16N4O3/c1-10-6-7-11(19(25)26)8-14(10)23-9-15(24)16(17(23)20)18-21-12-4-2-3-5-13(12)22-18/h2-8,20,24H,9H2,1H3,(H,21,22)(H,25,26). The van der Waals surface area contributed by atoms with Gasteiger partial charge >= 0.3 is 5.97 Å². The number of carbonyl (C=O) groups is 1. The van der Waals surface area contributed by atoms with Crippen LogP contribution in [0, 0.1) is 12.3 Å². The van der Waals surface area contributed by atoms with Crippen LogP contribution in [0.4, 0.5) is 5.69 Å². The van der Waals surface area contributed by atoms with Crippen LogP contribution in [-0.2, 0) is 0 Å². The molecule has 0 amide bonds. The number of aliphatic hydroxyl groups excluding tert-OH is 1. The molecule has 0 fully saturated rings. The number of hydrogen-bond donors (Lipinski definition) is 4. The SMILES string of the molecule is Cc1ccc(C(=O)O)cc1N1CC(O)=C(c2nc3ccccc3[nH]2)C1=N. The summed E-state index contributed by atoms with van der Waals surface area (Å²) in [5.41, 5.74) is 3.42. The lowest BCUT2D eigenvalue weighted by atomic mass is 10.1. The maximum absolute atomic E-state index is 11.3. The zero-order valence-corrected chi connectivity index (χ0v) is 13.9. The van der Waals surface area contributed by atoms with Gasteiger partial charge in [-0.25, -0.2) is 9.78 Å². The number of fused-ring (bicyclic) bond motifs is 1. The molecule has 4 N–H and O–H groups in total. The number of carboxylic acid groups (broad SMARTS) is 1. The third-order valence-electron chi connectivity index (χ3n) is 4.48. The van der Waals surface area contributed by atoms with E-state index in [1.54, 1.807) is 11.0 Å². The Balaban J connectivity index is 1.75. The van der Waals surface area contributed by atoms with Crippen LogP contribution in [0.15, 0.2) is 48.2 Å². The van der Waals surface area contributed by atoms with Gasteiger partial charge in [0.25, 0.3) is 0 Å². The third kappa shape index (κ3) is 2.41. The van der Waals surface area contributed by atoms with Crippen molar-refractivity contribution >= 4 is 34.1 Å². The minimum absolute atomic E-state index is 0.0224. The largest absolute Gasteiger partial charge is 0.509 e. The lowest BCUT2D eigenvalue weighted by Gasteiger charge is -2.21. The summed E-state index contributed by atoms with van der Waals surface area (Å²) < 4.78 is 0. The molecular weight excluding hydrogens is 332 g/mol. The predicted molar refractivity (Wildman–Crippen MR) is 98.9 cm³/mol. The Morgan fingerprint density at radius 1 is 1.27 bits per heavy atom. The zero-order chi connectivity index (χ0) is 18.4. The molecule has 130 valence electrons. The maximum Gasteiger partial charge on any atom is 0.335 e. The first-order valence-corrected chi connectivity index (χ1v) is 8.03. The minimum Gasteiger partial charge on any atom is -0.509 e. The van der Waals surface area contributed by atoms with Crippen molar-refractivity contribution in [3.05, 3.63) is 65.2 Å². The van der Waals surface area contributed by atoms with Gasteiger partial charge in [0.15, 0.2) is 0 Å². The zero-order valence-electron chi connectivity index (χ0n) is 13.9. The number of aromatic amines is 1. The molecule has 4 rings (SSSR count). The van der Waals surface area contributed by atoms with E-state index >= 15 is 0 Å². The van der Waals surface area contributed by atoms with Gasteiger partial charge in [0, 0.05) is 5.69 Å². The Labute approximate surface area is 148 Å². The first-order valence-electron chi connectivity index (χ1n) is 8.03. The summed E-state index contributed by atoms with van der Waals surface area (Å²) >= 11 is 0. The van der Waals surface area contributed by atoms with Gasteiger partial charge in [-0.05, 0) is 36.8 Å². The van der Waals surface area contributed by atoms with E-state index < -0.39 is 5.97 Å². The smallest absolute Gasteiger partial charge is 0.335 e. The number of nitrogens with one attached hydrogen (secondary N) is 2. The molecule has 7 heteroatoms. The Hall–Kier alpha value is -3.61. The summed E-state index contributed by atoms with van der Waals surface area (Å²) in [5, 5.41) is 28.2. The Bertz CT molecular complexity index is 1060. The molecule has 2 heterocycles. The van der Waals surface area contributed by atoms with Gasteiger partial charge < -0.3 is 20.1 Å². The Morgan fingerprint density at radius 3 is 2.77 bits per heavy atom. The quantitative estimate of drug-likeness (QED) is 0.580. The van der Waals surface area contributed by atoms with E-state index in [1.807, 2.05) is 31.2 Å². The van der Waals surface area contributed by atoms with E-state index in [9.17, 15) is 15.0 Å². The molecule has 26 heavy (non-hydrogen) atoms. The number of aryl methyl sites for hydroxylation is 1. The Morgan fingerprint density at radius 2 is 2.04 bits per heavy atom. The molecule has 0 spiro atoms. The van der Waals surface area contributed by atoms with Gasteiger partial charge in [0.2, 0.25) is 0 Å². The topological polar surface area (TPSA) is 113 Å². The van der Waals surface area contributed by atoms with Crippen molar-refractivity contribution in [1.29, 1.82) is 5.41 Å². The molecule has 0 unspecified atom stereocenters. The second-order valence-corrected chi connectivity index (χ2v) is 6.17. The highest BCUT2D eigenvalue weighted by Gasteiger charge is 2.32. The van der Waals surface area contributed by atoms with Crippen molar-refractivity contribution in [3.8, 4) is 0 Å². The molecule has 0 bridgehead atoms. The molecule has 0 radical (unpaired) electrons. The normalized spacial score (nSPS) is 14.5. The first-order chi connectivity index (χ1) is 12.5. The van der Waals surface area contributed by atoms with Crippen molar-refractivity contribution in [2.75, 3.05) is 11.4 Å². The number of imidazole rings is 1. The summed E-state index contributed by atoms with van der Waals surface area (Å²) in [6.45, 7) is 1.93.